The lowest BCUT2D eigenvalue weighted by Crippen LogP contribution is -2.37. The van der Waals surface area contributed by atoms with Crippen molar-refractivity contribution >= 4 is 5.96 Å². The van der Waals surface area contributed by atoms with Crippen LogP contribution in [-0.2, 0) is 13.2 Å². The summed E-state index contributed by atoms with van der Waals surface area (Å²) < 4.78 is 5.72. The molecule has 1 aromatic heterocycles. The fraction of sp³-hybridized carbons (Fsp3) is 0.368. The molecular formula is C19H24N4O. The van der Waals surface area contributed by atoms with Crippen LogP contribution in [0, 0.1) is 5.92 Å². The monoisotopic (exact) mass is 324 g/mol. The first-order valence-corrected chi connectivity index (χ1v) is 8.45. The summed E-state index contributed by atoms with van der Waals surface area (Å²) in [6.45, 7) is 1.98. The van der Waals surface area contributed by atoms with Crippen LogP contribution in [0.15, 0.2) is 53.7 Å². The number of nitrogens with zero attached hydrogens (tertiary/aromatic N) is 2. The van der Waals surface area contributed by atoms with E-state index in [4.69, 9.17) is 10.5 Å². The van der Waals surface area contributed by atoms with E-state index in [2.05, 4.69) is 15.3 Å². The average molecular weight is 324 g/mol. The van der Waals surface area contributed by atoms with Crippen molar-refractivity contribution in [1.29, 1.82) is 0 Å². The summed E-state index contributed by atoms with van der Waals surface area (Å²) in [5.41, 5.74) is 7.92. The number of guanidine groups is 1. The summed E-state index contributed by atoms with van der Waals surface area (Å²) in [7, 11) is 0. The molecule has 0 saturated heterocycles. The van der Waals surface area contributed by atoms with Crippen molar-refractivity contribution in [2.75, 3.05) is 6.54 Å². The van der Waals surface area contributed by atoms with Crippen LogP contribution in [0.2, 0.25) is 0 Å². The van der Waals surface area contributed by atoms with Crippen LogP contribution >= 0.6 is 0 Å². The molecule has 0 aliphatic heterocycles. The fourth-order valence-corrected chi connectivity index (χ4v) is 2.51. The second-order valence-corrected chi connectivity index (χ2v) is 6.13. The molecule has 1 fully saturated rings. The number of aromatic nitrogens is 1. The van der Waals surface area contributed by atoms with Crippen LogP contribution in [-0.4, -0.2) is 17.5 Å². The molecule has 0 amide bonds. The van der Waals surface area contributed by atoms with Gasteiger partial charge < -0.3 is 15.8 Å². The lowest BCUT2D eigenvalue weighted by Gasteiger charge is -2.25. The Morgan fingerprint density at radius 2 is 2.04 bits per heavy atom. The summed E-state index contributed by atoms with van der Waals surface area (Å²) in [5, 5.41) is 3.20. The van der Waals surface area contributed by atoms with Gasteiger partial charge in [0.1, 0.15) is 12.4 Å². The molecule has 0 bridgehead atoms. The minimum absolute atomic E-state index is 0.469. The Kier molecular flexibility index (Phi) is 5.66. The average Bonchev–Trinajstić information content (AvgIpc) is 2.58. The number of rotatable bonds is 7. The van der Waals surface area contributed by atoms with Crippen LogP contribution in [0.3, 0.4) is 0 Å². The van der Waals surface area contributed by atoms with Gasteiger partial charge in [0.25, 0.3) is 0 Å². The van der Waals surface area contributed by atoms with Gasteiger partial charge in [-0.15, -0.1) is 0 Å². The molecule has 3 rings (SSSR count). The Balaban J connectivity index is 1.43. The highest BCUT2D eigenvalue weighted by atomic mass is 16.5. The van der Waals surface area contributed by atoms with Crippen molar-refractivity contribution in [2.45, 2.75) is 32.4 Å². The summed E-state index contributed by atoms with van der Waals surface area (Å²) in [6, 6.07) is 13.7. The van der Waals surface area contributed by atoms with Gasteiger partial charge in [0.2, 0.25) is 0 Å². The van der Waals surface area contributed by atoms with Crippen molar-refractivity contribution in [3.8, 4) is 5.75 Å². The highest BCUT2D eigenvalue weighted by Crippen LogP contribution is 2.25. The first-order chi connectivity index (χ1) is 11.8. The molecular weight excluding hydrogens is 300 g/mol. The van der Waals surface area contributed by atoms with Crippen LogP contribution < -0.4 is 15.8 Å². The number of pyridine rings is 1. The molecule has 0 spiro atoms. The number of benzene rings is 1. The molecule has 0 radical (unpaired) electrons. The predicted octanol–water partition coefficient (Wildman–Crippen LogP) is 2.87. The van der Waals surface area contributed by atoms with Gasteiger partial charge in [-0.3, -0.25) is 4.98 Å². The topological polar surface area (TPSA) is 72.5 Å². The van der Waals surface area contributed by atoms with Gasteiger partial charge >= 0.3 is 0 Å². The van der Waals surface area contributed by atoms with E-state index in [1.807, 2.05) is 42.5 Å². The molecule has 1 saturated carbocycles. The van der Waals surface area contributed by atoms with E-state index < -0.39 is 0 Å². The SMILES string of the molecule is NC(=NCc1ccc(OCc2ccccn2)cc1)NCC1CCC1. The molecule has 3 N–H and O–H groups in total. The second kappa shape index (κ2) is 8.34. The molecule has 5 heteroatoms. The first kappa shape index (κ1) is 16.3. The molecule has 24 heavy (non-hydrogen) atoms. The Labute approximate surface area is 143 Å². The fourth-order valence-electron chi connectivity index (χ4n) is 2.51. The summed E-state index contributed by atoms with van der Waals surface area (Å²) in [4.78, 5) is 8.62. The van der Waals surface area contributed by atoms with Gasteiger partial charge in [-0.05, 0) is 48.6 Å². The van der Waals surface area contributed by atoms with E-state index in [0.717, 1.165) is 29.5 Å². The van der Waals surface area contributed by atoms with Crippen LogP contribution in [0.25, 0.3) is 0 Å². The Morgan fingerprint density at radius 1 is 1.21 bits per heavy atom. The molecule has 1 aromatic carbocycles. The molecule has 126 valence electrons. The maximum Gasteiger partial charge on any atom is 0.188 e. The summed E-state index contributed by atoms with van der Waals surface area (Å²) in [6.07, 6.45) is 5.72. The van der Waals surface area contributed by atoms with Crippen molar-refractivity contribution in [3.63, 3.8) is 0 Å². The molecule has 0 atom stereocenters. The van der Waals surface area contributed by atoms with E-state index in [9.17, 15) is 0 Å². The number of hydrogen-bond donors (Lipinski definition) is 2. The minimum Gasteiger partial charge on any atom is -0.487 e. The zero-order chi connectivity index (χ0) is 16.6. The standard InChI is InChI=1S/C19H24N4O/c20-19(22-12-15-4-3-5-15)23-13-16-7-9-18(10-8-16)24-14-17-6-1-2-11-21-17/h1-2,6-11,15H,3-5,12-14H2,(H3,20,22,23). The molecule has 2 aromatic rings. The second-order valence-electron chi connectivity index (χ2n) is 6.13. The molecule has 1 heterocycles. The quantitative estimate of drug-likeness (QED) is 0.607. The van der Waals surface area contributed by atoms with Gasteiger partial charge in [-0.1, -0.05) is 24.6 Å². The van der Waals surface area contributed by atoms with Gasteiger partial charge in [-0.25, -0.2) is 4.99 Å². The summed E-state index contributed by atoms with van der Waals surface area (Å²) >= 11 is 0. The largest absolute Gasteiger partial charge is 0.487 e. The van der Waals surface area contributed by atoms with E-state index in [-0.39, 0.29) is 0 Å². The third-order valence-electron chi connectivity index (χ3n) is 4.26. The van der Waals surface area contributed by atoms with Crippen molar-refractivity contribution in [1.82, 2.24) is 10.3 Å². The van der Waals surface area contributed by atoms with Crippen LogP contribution in [0.5, 0.6) is 5.75 Å². The van der Waals surface area contributed by atoms with E-state index >= 15 is 0 Å². The predicted molar refractivity (Wildman–Crippen MR) is 95.7 cm³/mol. The van der Waals surface area contributed by atoms with Crippen molar-refractivity contribution in [3.05, 3.63) is 59.9 Å². The third-order valence-corrected chi connectivity index (χ3v) is 4.26. The number of nitrogens with two attached hydrogens (primary N) is 1. The van der Waals surface area contributed by atoms with Gasteiger partial charge in [0, 0.05) is 12.7 Å². The van der Waals surface area contributed by atoms with Crippen molar-refractivity contribution in [2.24, 2.45) is 16.6 Å². The smallest absolute Gasteiger partial charge is 0.188 e. The number of ether oxygens (including phenoxy) is 1. The Hall–Kier alpha value is -2.56. The van der Waals surface area contributed by atoms with E-state index in [1.165, 1.54) is 19.3 Å². The zero-order valence-electron chi connectivity index (χ0n) is 13.8. The number of hydrogen-bond acceptors (Lipinski definition) is 3. The van der Waals surface area contributed by atoms with Gasteiger partial charge in [0.05, 0.1) is 12.2 Å². The Bertz CT molecular complexity index is 651. The highest BCUT2D eigenvalue weighted by Gasteiger charge is 2.16. The lowest BCUT2D eigenvalue weighted by molar-refractivity contribution is 0.301. The molecule has 5 nitrogen and oxygen atoms in total. The van der Waals surface area contributed by atoms with Crippen LogP contribution in [0.1, 0.15) is 30.5 Å². The van der Waals surface area contributed by atoms with E-state index in [0.29, 0.717) is 19.1 Å². The minimum atomic E-state index is 0.469. The molecule has 1 aliphatic carbocycles. The normalized spacial score (nSPS) is 14.9. The van der Waals surface area contributed by atoms with Gasteiger partial charge in [0.15, 0.2) is 5.96 Å². The molecule has 0 unspecified atom stereocenters. The van der Waals surface area contributed by atoms with Crippen LogP contribution in [0.4, 0.5) is 0 Å². The molecule has 1 aliphatic rings. The third kappa shape index (κ3) is 4.98. The Morgan fingerprint density at radius 3 is 2.71 bits per heavy atom. The maximum absolute atomic E-state index is 5.90. The van der Waals surface area contributed by atoms with E-state index in [1.54, 1.807) is 6.20 Å². The van der Waals surface area contributed by atoms with Gasteiger partial charge in [-0.2, -0.15) is 0 Å². The zero-order valence-corrected chi connectivity index (χ0v) is 13.8. The van der Waals surface area contributed by atoms with Crippen molar-refractivity contribution < 1.29 is 4.74 Å². The summed E-state index contributed by atoms with van der Waals surface area (Å²) in [5.74, 6) is 2.12. The maximum atomic E-state index is 5.90. The number of nitrogens with one attached hydrogen (secondary N) is 1. The number of aliphatic imine (C=N–C) groups is 1. The first-order valence-electron chi connectivity index (χ1n) is 8.45. The highest BCUT2D eigenvalue weighted by molar-refractivity contribution is 5.77. The lowest BCUT2D eigenvalue weighted by atomic mass is 9.85.